The average molecular weight is 316 g/mol. The second kappa shape index (κ2) is 5.66. The van der Waals surface area contributed by atoms with Crippen molar-refractivity contribution in [2.24, 2.45) is 0 Å². The fourth-order valence-electron chi connectivity index (χ4n) is 1.71. The highest BCUT2D eigenvalue weighted by molar-refractivity contribution is 7.65. The van der Waals surface area contributed by atoms with Gasteiger partial charge in [-0.25, -0.2) is 0 Å². The number of aryl methyl sites for hydroxylation is 1. The summed E-state index contributed by atoms with van der Waals surface area (Å²) in [6, 6.07) is 7.63. The van der Waals surface area contributed by atoms with Crippen LogP contribution in [0.15, 0.2) is 24.3 Å². The van der Waals surface area contributed by atoms with E-state index in [4.69, 9.17) is 8.43 Å². The Balaban J connectivity index is 3.28. The molecule has 0 aliphatic carbocycles. The lowest BCUT2D eigenvalue weighted by atomic mass is 10.2. The molecule has 0 aliphatic heterocycles. The molecule has 3 nitrogen and oxygen atoms in total. The molecule has 0 N–H and O–H groups in total. The first-order valence-corrected chi connectivity index (χ1v) is 14.9. The van der Waals surface area contributed by atoms with Crippen molar-refractivity contribution in [3.05, 3.63) is 29.8 Å². The lowest BCUT2D eigenvalue weighted by Crippen LogP contribution is -2.33. The monoisotopic (exact) mass is 316 g/mol. The molecule has 6 heteroatoms. The summed E-state index contributed by atoms with van der Waals surface area (Å²) in [5.41, 5.74) is 0.960. The van der Waals surface area contributed by atoms with E-state index in [1.807, 2.05) is 70.5 Å². The van der Waals surface area contributed by atoms with Crippen molar-refractivity contribution < 1.29 is 13.0 Å². The van der Waals surface area contributed by atoms with Gasteiger partial charge in [0.2, 0.25) is 0 Å². The molecular formula is C13H25O3PSi2. The summed E-state index contributed by atoms with van der Waals surface area (Å²) in [7, 11) is -7.16. The molecule has 0 amide bonds. The maximum absolute atomic E-state index is 13.3. The summed E-state index contributed by atoms with van der Waals surface area (Å²) >= 11 is 0. The van der Waals surface area contributed by atoms with Gasteiger partial charge in [-0.3, -0.25) is 4.57 Å². The first-order valence-electron chi connectivity index (χ1n) is 6.51. The molecule has 0 atom stereocenters. The van der Waals surface area contributed by atoms with Gasteiger partial charge in [0.1, 0.15) is 0 Å². The van der Waals surface area contributed by atoms with Crippen LogP contribution in [0.25, 0.3) is 0 Å². The van der Waals surface area contributed by atoms with Crippen molar-refractivity contribution in [1.82, 2.24) is 0 Å². The zero-order chi connectivity index (χ0) is 14.9. The SMILES string of the molecule is Cc1ccccc1P(=O)(O[Si](C)(C)C)O[Si](C)(C)C. The molecule has 0 fully saturated rings. The highest BCUT2D eigenvalue weighted by Gasteiger charge is 2.38. The summed E-state index contributed by atoms with van der Waals surface area (Å²) < 4.78 is 25.2. The molecule has 0 aliphatic rings. The standard InChI is InChI=1S/C13H25O3PSi2/c1-12-10-8-9-11-13(12)17(14,15-18(2,3)4)16-19(5,6)7/h8-11H,1-7H3. The molecule has 0 saturated heterocycles. The Morgan fingerprint density at radius 1 is 0.895 bits per heavy atom. The van der Waals surface area contributed by atoms with Crippen molar-refractivity contribution in [2.75, 3.05) is 0 Å². The number of hydrogen-bond donors (Lipinski definition) is 0. The fraction of sp³-hybridized carbons (Fsp3) is 0.538. The quantitative estimate of drug-likeness (QED) is 0.592. The maximum Gasteiger partial charge on any atom is 0.342 e. The van der Waals surface area contributed by atoms with Gasteiger partial charge in [0.05, 0.1) is 5.30 Å². The van der Waals surface area contributed by atoms with Gasteiger partial charge in [-0.05, 0) is 57.8 Å². The van der Waals surface area contributed by atoms with Gasteiger partial charge >= 0.3 is 7.60 Å². The third-order valence-corrected chi connectivity index (χ3v) is 9.60. The zero-order valence-electron chi connectivity index (χ0n) is 13.0. The van der Waals surface area contributed by atoms with Gasteiger partial charge in [-0.15, -0.1) is 0 Å². The van der Waals surface area contributed by atoms with Gasteiger partial charge in [-0.2, -0.15) is 0 Å². The molecule has 0 radical (unpaired) electrons. The summed E-state index contributed by atoms with van der Waals surface area (Å²) in [4.78, 5) is 0. The van der Waals surface area contributed by atoms with Crippen LogP contribution in [-0.2, 0) is 13.0 Å². The minimum absolute atomic E-state index is 0.708. The van der Waals surface area contributed by atoms with Crippen LogP contribution in [0.2, 0.25) is 39.3 Å². The van der Waals surface area contributed by atoms with Gasteiger partial charge in [-0.1, -0.05) is 18.2 Å². The zero-order valence-corrected chi connectivity index (χ0v) is 15.9. The minimum atomic E-state index is -3.23. The second-order valence-electron chi connectivity index (χ2n) is 6.69. The van der Waals surface area contributed by atoms with Gasteiger partial charge in [0.15, 0.2) is 16.6 Å². The van der Waals surface area contributed by atoms with Crippen LogP contribution in [0.5, 0.6) is 0 Å². The number of rotatable bonds is 5. The Hall–Kier alpha value is -0.196. The normalized spacial score (nSPS) is 13.6. The summed E-state index contributed by atoms with van der Waals surface area (Å²) in [6.45, 7) is 14.1. The Morgan fingerprint density at radius 2 is 1.32 bits per heavy atom. The lowest BCUT2D eigenvalue weighted by Gasteiger charge is -2.31. The molecule has 1 rings (SSSR count). The topological polar surface area (TPSA) is 35.5 Å². The summed E-state index contributed by atoms with van der Waals surface area (Å²) in [5, 5.41) is 0.708. The van der Waals surface area contributed by atoms with Crippen LogP contribution in [0.1, 0.15) is 5.56 Å². The Morgan fingerprint density at radius 3 is 1.68 bits per heavy atom. The van der Waals surface area contributed by atoms with Crippen LogP contribution < -0.4 is 5.30 Å². The first kappa shape index (κ1) is 16.9. The van der Waals surface area contributed by atoms with Crippen molar-refractivity contribution >= 4 is 29.5 Å². The molecule has 0 saturated carbocycles. The van der Waals surface area contributed by atoms with Gasteiger partial charge in [0, 0.05) is 0 Å². The van der Waals surface area contributed by atoms with E-state index in [2.05, 4.69) is 0 Å². The van der Waals surface area contributed by atoms with Crippen LogP contribution >= 0.6 is 7.60 Å². The van der Waals surface area contributed by atoms with Crippen LogP contribution in [0.4, 0.5) is 0 Å². The molecule has 0 bridgehead atoms. The second-order valence-corrected chi connectivity index (χ2v) is 18.1. The highest BCUT2D eigenvalue weighted by Crippen LogP contribution is 2.52. The lowest BCUT2D eigenvalue weighted by molar-refractivity contribution is 0.396. The van der Waals surface area contributed by atoms with Crippen LogP contribution in [0.3, 0.4) is 0 Å². The molecule has 0 aromatic heterocycles. The van der Waals surface area contributed by atoms with Gasteiger partial charge in [0.25, 0.3) is 0 Å². The fourth-order valence-corrected chi connectivity index (χ4v) is 9.52. The predicted molar refractivity (Wildman–Crippen MR) is 87.3 cm³/mol. The van der Waals surface area contributed by atoms with Gasteiger partial charge < -0.3 is 8.43 Å². The van der Waals surface area contributed by atoms with Crippen molar-refractivity contribution in [1.29, 1.82) is 0 Å². The number of hydrogen-bond acceptors (Lipinski definition) is 3. The van der Waals surface area contributed by atoms with E-state index in [0.29, 0.717) is 5.30 Å². The van der Waals surface area contributed by atoms with Crippen molar-refractivity contribution in [3.8, 4) is 0 Å². The molecule has 19 heavy (non-hydrogen) atoms. The summed E-state index contributed by atoms with van der Waals surface area (Å²) in [5.74, 6) is 0. The van der Waals surface area contributed by atoms with E-state index in [1.54, 1.807) is 0 Å². The Bertz CT molecular complexity index is 469. The molecule has 0 heterocycles. The summed E-state index contributed by atoms with van der Waals surface area (Å²) in [6.07, 6.45) is 0. The molecule has 1 aromatic rings. The van der Waals surface area contributed by atoms with Crippen molar-refractivity contribution in [3.63, 3.8) is 0 Å². The van der Waals surface area contributed by atoms with Crippen LogP contribution in [-0.4, -0.2) is 16.6 Å². The molecule has 0 unspecified atom stereocenters. The first-order chi connectivity index (χ1) is 8.43. The van der Waals surface area contributed by atoms with E-state index in [1.165, 1.54) is 0 Å². The molecule has 0 spiro atoms. The van der Waals surface area contributed by atoms with E-state index < -0.39 is 24.2 Å². The third-order valence-electron chi connectivity index (χ3n) is 2.20. The maximum atomic E-state index is 13.3. The largest absolute Gasteiger partial charge is 0.348 e. The Labute approximate surface area is 119 Å². The van der Waals surface area contributed by atoms with Crippen LogP contribution in [0, 0.1) is 6.92 Å². The molecule has 1 aromatic carbocycles. The smallest absolute Gasteiger partial charge is 0.342 e. The van der Waals surface area contributed by atoms with E-state index in [-0.39, 0.29) is 0 Å². The van der Waals surface area contributed by atoms with Crippen molar-refractivity contribution in [2.45, 2.75) is 46.2 Å². The van der Waals surface area contributed by atoms with E-state index in [0.717, 1.165) is 5.56 Å². The Kier molecular flexibility index (Phi) is 5.02. The average Bonchev–Trinajstić information content (AvgIpc) is 2.11. The van der Waals surface area contributed by atoms with E-state index >= 15 is 0 Å². The molecular weight excluding hydrogens is 291 g/mol. The highest BCUT2D eigenvalue weighted by atomic mass is 31.2. The molecule has 108 valence electrons. The predicted octanol–water partition coefficient (Wildman–Crippen LogP) is 4.52. The minimum Gasteiger partial charge on any atom is -0.348 e. The third kappa shape index (κ3) is 5.36. The number of benzene rings is 1. The van der Waals surface area contributed by atoms with E-state index in [9.17, 15) is 4.57 Å².